The molecule has 1 N–H and O–H groups in total. The summed E-state index contributed by atoms with van der Waals surface area (Å²) in [4.78, 5) is 10.9. The normalized spacial score (nSPS) is 10.6. The van der Waals surface area contributed by atoms with Crippen LogP contribution in [0.15, 0.2) is 12.1 Å². The molecule has 14 heavy (non-hydrogen) atoms. The van der Waals surface area contributed by atoms with Crippen LogP contribution >= 0.6 is 22.6 Å². The molecule has 0 spiro atoms. The van der Waals surface area contributed by atoms with Gasteiger partial charge < -0.3 is 5.11 Å². The molecule has 0 radical (unpaired) electrons. The van der Waals surface area contributed by atoms with Gasteiger partial charge in [-0.2, -0.15) is 0 Å². The Morgan fingerprint density at radius 2 is 2.07 bits per heavy atom. The van der Waals surface area contributed by atoms with Gasteiger partial charge in [-0.25, -0.2) is 8.78 Å². The van der Waals surface area contributed by atoms with Crippen molar-refractivity contribution in [1.82, 2.24) is 0 Å². The van der Waals surface area contributed by atoms with Crippen molar-refractivity contribution >= 4 is 28.4 Å². The molecule has 1 rings (SSSR count). The Balaban J connectivity index is 3.35. The summed E-state index contributed by atoms with van der Waals surface area (Å²) in [6.07, 6.45) is -2.69. The van der Waals surface area contributed by atoms with Gasteiger partial charge in [-0.05, 0) is 41.6 Å². The van der Waals surface area contributed by atoms with Crippen molar-refractivity contribution in [2.75, 3.05) is 0 Å². The van der Waals surface area contributed by atoms with E-state index in [1.54, 1.807) is 22.6 Å². The minimum absolute atomic E-state index is 0.0857. The highest BCUT2D eigenvalue weighted by atomic mass is 127. The van der Waals surface area contributed by atoms with E-state index in [2.05, 4.69) is 0 Å². The molecular formula is C9H7F2IO2. The molecule has 0 saturated carbocycles. The quantitative estimate of drug-likeness (QED) is 0.673. The Bertz CT molecular complexity index is 377. The standard InChI is InChI=1S/C9H7F2IO2/c1-4(13)5-2-6(9(10)11)8(12)7(14)3-5/h2-3,9,14H,1H3. The van der Waals surface area contributed by atoms with Crippen LogP contribution in [0.2, 0.25) is 0 Å². The number of hydrogen-bond donors (Lipinski definition) is 1. The zero-order chi connectivity index (χ0) is 10.9. The smallest absolute Gasteiger partial charge is 0.265 e. The van der Waals surface area contributed by atoms with Crippen molar-refractivity contribution in [3.05, 3.63) is 26.8 Å². The summed E-state index contributed by atoms with van der Waals surface area (Å²) in [5.74, 6) is -0.632. The molecule has 0 unspecified atom stereocenters. The van der Waals surface area contributed by atoms with Crippen molar-refractivity contribution in [2.45, 2.75) is 13.3 Å². The summed E-state index contributed by atoms with van der Waals surface area (Å²) in [6.45, 7) is 1.26. The van der Waals surface area contributed by atoms with Crippen LogP contribution in [0.4, 0.5) is 8.78 Å². The Hall–Kier alpha value is -0.720. The molecule has 0 bridgehead atoms. The van der Waals surface area contributed by atoms with Crippen LogP contribution in [-0.4, -0.2) is 10.9 Å². The summed E-state index contributed by atoms with van der Waals surface area (Å²) in [5.41, 5.74) is -0.214. The van der Waals surface area contributed by atoms with Gasteiger partial charge in [-0.15, -0.1) is 0 Å². The second-order valence-corrected chi connectivity index (χ2v) is 3.83. The monoisotopic (exact) mass is 312 g/mol. The fraction of sp³-hybridized carbons (Fsp3) is 0.222. The Kier molecular flexibility index (Phi) is 3.41. The fourth-order valence-electron chi connectivity index (χ4n) is 0.993. The van der Waals surface area contributed by atoms with Crippen molar-refractivity contribution in [2.24, 2.45) is 0 Å². The van der Waals surface area contributed by atoms with E-state index in [1.165, 1.54) is 13.0 Å². The first kappa shape index (κ1) is 11.4. The van der Waals surface area contributed by atoms with Crippen molar-refractivity contribution in [3.63, 3.8) is 0 Å². The van der Waals surface area contributed by atoms with Gasteiger partial charge in [-0.1, -0.05) is 0 Å². The Labute approximate surface area is 93.1 Å². The topological polar surface area (TPSA) is 37.3 Å². The molecule has 1 aromatic carbocycles. The summed E-state index contributed by atoms with van der Waals surface area (Å²) in [6, 6.07) is 2.30. The molecule has 0 aliphatic heterocycles. The zero-order valence-corrected chi connectivity index (χ0v) is 9.38. The molecule has 76 valence electrons. The molecule has 0 aliphatic rings. The van der Waals surface area contributed by atoms with Crippen LogP contribution in [-0.2, 0) is 0 Å². The van der Waals surface area contributed by atoms with Crippen molar-refractivity contribution in [1.29, 1.82) is 0 Å². The van der Waals surface area contributed by atoms with Gasteiger partial charge in [0.15, 0.2) is 5.78 Å². The predicted molar refractivity (Wildman–Crippen MR) is 55.8 cm³/mol. The third kappa shape index (κ3) is 2.20. The maximum Gasteiger partial charge on any atom is 0.265 e. The fourth-order valence-corrected chi connectivity index (χ4v) is 1.54. The first-order valence-corrected chi connectivity index (χ1v) is 4.83. The van der Waals surface area contributed by atoms with Gasteiger partial charge >= 0.3 is 0 Å². The largest absolute Gasteiger partial charge is 0.507 e. The lowest BCUT2D eigenvalue weighted by Gasteiger charge is -2.07. The molecule has 0 atom stereocenters. The number of rotatable bonds is 2. The second-order valence-electron chi connectivity index (χ2n) is 2.76. The number of benzene rings is 1. The molecule has 0 amide bonds. The van der Waals surface area contributed by atoms with E-state index in [0.29, 0.717) is 0 Å². The van der Waals surface area contributed by atoms with Crippen LogP contribution < -0.4 is 0 Å². The molecule has 0 saturated heterocycles. The third-order valence-electron chi connectivity index (χ3n) is 1.72. The minimum Gasteiger partial charge on any atom is -0.507 e. The first-order chi connectivity index (χ1) is 6.43. The number of phenolic OH excluding ortho intramolecular Hbond substituents is 1. The van der Waals surface area contributed by atoms with Gasteiger partial charge in [0.1, 0.15) is 5.75 Å². The zero-order valence-electron chi connectivity index (χ0n) is 7.22. The number of Topliss-reactive ketones (excluding diaryl/α,β-unsaturated/α-hetero) is 1. The van der Waals surface area contributed by atoms with Gasteiger partial charge in [0.05, 0.1) is 3.57 Å². The highest BCUT2D eigenvalue weighted by molar-refractivity contribution is 14.1. The van der Waals surface area contributed by atoms with Gasteiger partial charge in [0, 0.05) is 11.1 Å². The van der Waals surface area contributed by atoms with Crippen LogP contribution in [0.25, 0.3) is 0 Å². The summed E-state index contributed by atoms with van der Waals surface area (Å²) in [7, 11) is 0. The van der Waals surface area contributed by atoms with Gasteiger partial charge in [-0.3, -0.25) is 4.79 Å². The maximum absolute atomic E-state index is 12.4. The maximum atomic E-state index is 12.4. The number of ketones is 1. The van der Waals surface area contributed by atoms with Crippen LogP contribution in [0.3, 0.4) is 0 Å². The Morgan fingerprint density at radius 1 is 1.50 bits per heavy atom. The lowest BCUT2D eigenvalue weighted by atomic mass is 10.1. The molecule has 0 aliphatic carbocycles. The van der Waals surface area contributed by atoms with Gasteiger partial charge in [0.2, 0.25) is 0 Å². The minimum atomic E-state index is -2.69. The molecule has 0 heterocycles. The van der Waals surface area contributed by atoms with E-state index in [1.807, 2.05) is 0 Å². The van der Waals surface area contributed by atoms with Crippen molar-refractivity contribution < 1.29 is 18.7 Å². The Morgan fingerprint density at radius 3 is 2.50 bits per heavy atom. The molecular weight excluding hydrogens is 305 g/mol. The van der Waals surface area contributed by atoms with Gasteiger partial charge in [0.25, 0.3) is 6.43 Å². The van der Waals surface area contributed by atoms with E-state index in [4.69, 9.17) is 0 Å². The van der Waals surface area contributed by atoms with Crippen LogP contribution in [0.1, 0.15) is 29.3 Å². The van der Waals surface area contributed by atoms with E-state index in [0.717, 1.165) is 6.07 Å². The van der Waals surface area contributed by atoms with Crippen LogP contribution in [0, 0.1) is 3.57 Å². The molecule has 0 fully saturated rings. The van der Waals surface area contributed by atoms with E-state index >= 15 is 0 Å². The first-order valence-electron chi connectivity index (χ1n) is 3.75. The highest BCUT2D eigenvalue weighted by Gasteiger charge is 2.17. The average molecular weight is 312 g/mol. The number of carbonyl (C=O) groups excluding carboxylic acids is 1. The van der Waals surface area contributed by atoms with Crippen LogP contribution in [0.5, 0.6) is 5.75 Å². The van der Waals surface area contributed by atoms with E-state index in [-0.39, 0.29) is 26.2 Å². The number of hydrogen-bond acceptors (Lipinski definition) is 2. The highest BCUT2D eigenvalue weighted by Crippen LogP contribution is 2.32. The summed E-state index contributed by atoms with van der Waals surface area (Å²) in [5, 5.41) is 9.29. The average Bonchev–Trinajstić information content (AvgIpc) is 2.08. The third-order valence-corrected chi connectivity index (χ3v) is 2.90. The molecule has 5 heteroatoms. The lowest BCUT2D eigenvalue weighted by molar-refractivity contribution is 0.101. The second kappa shape index (κ2) is 4.20. The van der Waals surface area contributed by atoms with E-state index in [9.17, 15) is 18.7 Å². The molecule has 2 nitrogen and oxygen atoms in total. The number of halogens is 3. The number of phenols is 1. The molecule has 0 aromatic heterocycles. The lowest BCUT2D eigenvalue weighted by Crippen LogP contribution is -1.97. The predicted octanol–water partition coefficient (Wildman–Crippen LogP) is 3.14. The summed E-state index contributed by atoms with van der Waals surface area (Å²) < 4.78 is 24.9. The number of alkyl halides is 2. The number of aromatic hydroxyl groups is 1. The SMILES string of the molecule is CC(=O)c1cc(O)c(I)c(C(F)F)c1. The van der Waals surface area contributed by atoms with Crippen molar-refractivity contribution in [3.8, 4) is 5.75 Å². The number of carbonyl (C=O) groups is 1. The van der Waals surface area contributed by atoms with E-state index < -0.39 is 6.43 Å². The molecule has 1 aromatic rings. The summed E-state index contributed by atoms with van der Waals surface area (Å²) >= 11 is 1.62.